The molecule has 6 heteroatoms. The normalized spacial score (nSPS) is 12.6. The zero-order chi connectivity index (χ0) is 14.3. The van der Waals surface area contributed by atoms with E-state index in [4.69, 9.17) is 4.74 Å². The number of pyridine rings is 1. The Labute approximate surface area is 138 Å². The van der Waals surface area contributed by atoms with Crippen LogP contribution in [0.1, 0.15) is 26.5 Å². The number of methoxy groups -OCH3 is 1. The van der Waals surface area contributed by atoms with Gasteiger partial charge in [-0.05, 0) is 18.9 Å². The number of aliphatic imine (C=N–C) groups is 1. The van der Waals surface area contributed by atoms with Gasteiger partial charge in [-0.15, -0.1) is 24.0 Å². The van der Waals surface area contributed by atoms with Gasteiger partial charge in [-0.3, -0.25) is 4.99 Å². The maximum atomic E-state index is 5.10. The van der Waals surface area contributed by atoms with Crippen molar-refractivity contribution in [1.82, 2.24) is 15.6 Å². The number of rotatable bonds is 5. The maximum absolute atomic E-state index is 5.10. The molecule has 1 aromatic heterocycles. The second-order valence-electron chi connectivity index (χ2n) is 4.77. The molecule has 0 fully saturated rings. The number of halogens is 1. The minimum absolute atomic E-state index is 0. The predicted molar refractivity (Wildman–Crippen MR) is 93.8 cm³/mol. The van der Waals surface area contributed by atoms with E-state index in [1.807, 2.05) is 18.2 Å². The van der Waals surface area contributed by atoms with Gasteiger partial charge in [0.25, 0.3) is 0 Å². The molecule has 0 aliphatic heterocycles. The first-order valence-corrected chi connectivity index (χ1v) is 6.54. The summed E-state index contributed by atoms with van der Waals surface area (Å²) in [6, 6.07) is 6.08. The molecule has 5 nitrogen and oxygen atoms in total. The number of hydrogen-bond donors (Lipinski definition) is 2. The van der Waals surface area contributed by atoms with E-state index in [1.54, 1.807) is 14.2 Å². The van der Waals surface area contributed by atoms with Crippen LogP contribution >= 0.6 is 24.0 Å². The second-order valence-corrected chi connectivity index (χ2v) is 4.77. The summed E-state index contributed by atoms with van der Waals surface area (Å²) < 4.78 is 5.10. The lowest BCUT2D eigenvalue weighted by atomic mass is 10.1. The van der Waals surface area contributed by atoms with Crippen LogP contribution in [0.5, 0.6) is 5.88 Å². The Bertz CT molecular complexity index is 423. The van der Waals surface area contributed by atoms with Crippen molar-refractivity contribution in [3.05, 3.63) is 23.9 Å². The van der Waals surface area contributed by atoms with Crippen LogP contribution in [0, 0.1) is 5.92 Å². The van der Waals surface area contributed by atoms with Crippen LogP contribution in [0.2, 0.25) is 0 Å². The number of aromatic nitrogens is 1. The molecular formula is C14H25IN4O. The highest BCUT2D eigenvalue weighted by atomic mass is 127. The highest BCUT2D eigenvalue weighted by molar-refractivity contribution is 14.0. The van der Waals surface area contributed by atoms with E-state index in [1.165, 1.54) is 0 Å². The van der Waals surface area contributed by atoms with Crippen LogP contribution in [-0.2, 0) is 6.54 Å². The van der Waals surface area contributed by atoms with Crippen LogP contribution in [-0.4, -0.2) is 31.1 Å². The lowest BCUT2D eigenvalue weighted by Gasteiger charge is -2.20. The van der Waals surface area contributed by atoms with Gasteiger partial charge in [-0.1, -0.05) is 19.9 Å². The number of guanidine groups is 1. The molecule has 0 amide bonds. The third kappa shape index (κ3) is 6.40. The summed E-state index contributed by atoms with van der Waals surface area (Å²) in [5.74, 6) is 1.96. The smallest absolute Gasteiger partial charge is 0.213 e. The van der Waals surface area contributed by atoms with E-state index in [9.17, 15) is 0 Å². The Kier molecular flexibility index (Phi) is 9.28. The molecule has 1 unspecified atom stereocenters. The van der Waals surface area contributed by atoms with Crippen molar-refractivity contribution in [1.29, 1.82) is 0 Å². The molecule has 0 bridgehead atoms. The first-order chi connectivity index (χ1) is 9.06. The van der Waals surface area contributed by atoms with Crippen LogP contribution < -0.4 is 15.4 Å². The van der Waals surface area contributed by atoms with Gasteiger partial charge in [0.2, 0.25) is 5.88 Å². The zero-order valence-electron chi connectivity index (χ0n) is 12.8. The van der Waals surface area contributed by atoms with Crippen LogP contribution in [0.25, 0.3) is 0 Å². The topological polar surface area (TPSA) is 58.5 Å². The fraction of sp³-hybridized carbons (Fsp3) is 0.571. The van der Waals surface area contributed by atoms with Crippen molar-refractivity contribution < 1.29 is 4.74 Å². The molecule has 0 radical (unpaired) electrons. The van der Waals surface area contributed by atoms with Crippen molar-refractivity contribution in [2.45, 2.75) is 33.4 Å². The Morgan fingerprint density at radius 2 is 2.05 bits per heavy atom. The number of hydrogen-bond acceptors (Lipinski definition) is 3. The summed E-state index contributed by atoms with van der Waals surface area (Å²) in [6.07, 6.45) is 0. The molecular weight excluding hydrogens is 367 g/mol. The Morgan fingerprint density at radius 3 is 2.60 bits per heavy atom. The zero-order valence-corrected chi connectivity index (χ0v) is 15.1. The second kappa shape index (κ2) is 9.79. The van der Waals surface area contributed by atoms with Crippen molar-refractivity contribution in [3.8, 4) is 5.88 Å². The summed E-state index contributed by atoms with van der Waals surface area (Å²) in [7, 11) is 3.38. The first kappa shape index (κ1) is 18.9. The highest BCUT2D eigenvalue weighted by Crippen LogP contribution is 2.06. The molecule has 2 N–H and O–H groups in total. The molecule has 0 aromatic carbocycles. The average Bonchev–Trinajstić information content (AvgIpc) is 2.43. The third-order valence-electron chi connectivity index (χ3n) is 3.02. The minimum atomic E-state index is 0. The number of nitrogens with zero attached hydrogens (tertiary/aromatic N) is 2. The SMILES string of the molecule is CN=C(NCc1cccc(OC)n1)NC(C)C(C)C.I. The Morgan fingerprint density at radius 1 is 1.35 bits per heavy atom. The lowest BCUT2D eigenvalue weighted by Crippen LogP contribution is -2.43. The third-order valence-corrected chi connectivity index (χ3v) is 3.02. The van der Waals surface area contributed by atoms with E-state index in [0.717, 1.165) is 11.7 Å². The van der Waals surface area contributed by atoms with E-state index >= 15 is 0 Å². The van der Waals surface area contributed by atoms with Gasteiger partial charge in [-0.25, -0.2) is 4.98 Å². The minimum Gasteiger partial charge on any atom is -0.481 e. The molecule has 1 rings (SSSR count). The quantitative estimate of drug-likeness (QED) is 0.459. The molecule has 0 saturated heterocycles. The van der Waals surface area contributed by atoms with Gasteiger partial charge >= 0.3 is 0 Å². The summed E-state index contributed by atoms with van der Waals surface area (Å²) in [4.78, 5) is 8.55. The molecule has 114 valence electrons. The highest BCUT2D eigenvalue weighted by Gasteiger charge is 2.08. The number of ether oxygens (including phenoxy) is 1. The molecule has 20 heavy (non-hydrogen) atoms. The van der Waals surface area contributed by atoms with Gasteiger partial charge in [0.05, 0.1) is 19.3 Å². The van der Waals surface area contributed by atoms with Gasteiger partial charge in [0.1, 0.15) is 0 Å². The van der Waals surface area contributed by atoms with Crippen LogP contribution in [0.3, 0.4) is 0 Å². The fourth-order valence-electron chi connectivity index (χ4n) is 1.42. The van der Waals surface area contributed by atoms with E-state index in [-0.39, 0.29) is 24.0 Å². The van der Waals surface area contributed by atoms with Gasteiger partial charge in [0, 0.05) is 19.2 Å². The molecule has 1 aromatic rings. The van der Waals surface area contributed by atoms with Gasteiger partial charge < -0.3 is 15.4 Å². The van der Waals surface area contributed by atoms with Crippen LogP contribution in [0.15, 0.2) is 23.2 Å². The summed E-state index contributed by atoms with van der Waals surface area (Å²) >= 11 is 0. The first-order valence-electron chi connectivity index (χ1n) is 6.54. The maximum Gasteiger partial charge on any atom is 0.213 e. The van der Waals surface area contributed by atoms with E-state index in [0.29, 0.717) is 24.4 Å². The van der Waals surface area contributed by atoms with E-state index in [2.05, 4.69) is 41.4 Å². The van der Waals surface area contributed by atoms with Crippen molar-refractivity contribution >= 4 is 29.9 Å². The summed E-state index contributed by atoms with van der Waals surface area (Å²) in [6.45, 7) is 7.10. The standard InChI is InChI=1S/C14H24N4O.HI/c1-10(2)11(3)17-14(15-4)16-9-12-7-6-8-13(18-12)19-5;/h6-8,10-11H,9H2,1-5H3,(H2,15,16,17);1H. The van der Waals surface area contributed by atoms with Gasteiger partial charge in [0.15, 0.2) is 5.96 Å². The Hall–Kier alpha value is -1.05. The van der Waals surface area contributed by atoms with E-state index < -0.39 is 0 Å². The monoisotopic (exact) mass is 392 g/mol. The predicted octanol–water partition coefficient (Wildman–Crippen LogP) is 2.42. The van der Waals surface area contributed by atoms with Crippen molar-refractivity contribution in [2.75, 3.05) is 14.2 Å². The van der Waals surface area contributed by atoms with Crippen molar-refractivity contribution in [2.24, 2.45) is 10.9 Å². The van der Waals surface area contributed by atoms with Gasteiger partial charge in [-0.2, -0.15) is 0 Å². The lowest BCUT2D eigenvalue weighted by molar-refractivity contribution is 0.396. The summed E-state index contributed by atoms with van der Waals surface area (Å²) in [5, 5.41) is 6.59. The average molecular weight is 392 g/mol. The molecule has 0 saturated carbocycles. The molecule has 0 aliphatic carbocycles. The Balaban J connectivity index is 0.00000361. The fourth-order valence-corrected chi connectivity index (χ4v) is 1.42. The molecule has 0 spiro atoms. The molecule has 1 heterocycles. The summed E-state index contributed by atoms with van der Waals surface area (Å²) in [5.41, 5.74) is 0.916. The largest absolute Gasteiger partial charge is 0.481 e. The number of nitrogens with one attached hydrogen (secondary N) is 2. The molecule has 0 aliphatic rings. The van der Waals surface area contributed by atoms with Crippen LogP contribution in [0.4, 0.5) is 0 Å². The van der Waals surface area contributed by atoms with Crippen molar-refractivity contribution in [3.63, 3.8) is 0 Å². The molecule has 1 atom stereocenters.